The van der Waals surface area contributed by atoms with Gasteiger partial charge in [-0.1, -0.05) is 72.0 Å². The molecule has 0 bridgehead atoms. The minimum Gasteiger partial charge on any atom is -0.0845 e. The first-order valence-electron chi connectivity index (χ1n) is 12.6. The lowest BCUT2D eigenvalue weighted by molar-refractivity contribution is -0.0500. The van der Waals surface area contributed by atoms with E-state index in [4.69, 9.17) is 0 Å². The summed E-state index contributed by atoms with van der Waals surface area (Å²) >= 11 is 0. The van der Waals surface area contributed by atoms with Crippen LogP contribution < -0.4 is 0 Å². The van der Waals surface area contributed by atoms with E-state index in [9.17, 15) is 0 Å². The second-order valence-corrected chi connectivity index (χ2v) is 12.0. The Morgan fingerprint density at radius 3 is 2.56 bits per heavy atom. The summed E-state index contributed by atoms with van der Waals surface area (Å²) < 4.78 is 0. The van der Waals surface area contributed by atoms with Gasteiger partial charge in [0.25, 0.3) is 0 Å². The Morgan fingerprint density at radius 2 is 1.78 bits per heavy atom. The third-order valence-electron chi connectivity index (χ3n) is 10.2. The summed E-state index contributed by atoms with van der Waals surface area (Å²) in [6.45, 7) is 12.8. The maximum Gasteiger partial charge on any atom is -0.00853 e. The molecular weight excluding hydrogens is 324 g/mol. The quantitative estimate of drug-likeness (QED) is 0.426. The first kappa shape index (κ1) is 20.0. The first-order valence-corrected chi connectivity index (χ1v) is 12.6. The number of allylic oxidation sites excluding steroid dienone is 2. The van der Waals surface area contributed by atoms with Crippen LogP contribution in [0.3, 0.4) is 0 Å². The van der Waals surface area contributed by atoms with Crippen molar-refractivity contribution in [3.8, 4) is 0 Å². The largest absolute Gasteiger partial charge is 0.0845 e. The maximum absolute atomic E-state index is 2.74. The van der Waals surface area contributed by atoms with E-state index in [1.807, 2.05) is 5.57 Å². The van der Waals surface area contributed by atoms with E-state index in [1.54, 1.807) is 0 Å². The van der Waals surface area contributed by atoms with Crippen LogP contribution in [0, 0.1) is 46.3 Å². The zero-order chi connectivity index (χ0) is 19.2. The molecule has 3 unspecified atom stereocenters. The van der Waals surface area contributed by atoms with Gasteiger partial charge >= 0.3 is 0 Å². The number of rotatable bonds is 5. The van der Waals surface area contributed by atoms with Gasteiger partial charge in [0.1, 0.15) is 0 Å². The van der Waals surface area contributed by atoms with Gasteiger partial charge in [-0.15, -0.1) is 0 Å². The van der Waals surface area contributed by atoms with Crippen LogP contribution in [0.2, 0.25) is 0 Å². The summed E-state index contributed by atoms with van der Waals surface area (Å²) in [7, 11) is 0. The van der Waals surface area contributed by atoms with E-state index >= 15 is 0 Å². The highest BCUT2D eigenvalue weighted by atomic mass is 14.6. The lowest BCUT2D eigenvalue weighted by atomic mass is 9.47. The topological polar surface area (TPSA) is 0 Å². The Bertz CT molecular complexity index is 556. The van der Waals surface area contributed by atoms with Crippen molar-refractivity contribution in [1.29, 1.82) is 0 Å². The molecule has 27 heavy (non-hydrogen) atoms. The summed E-state index contributed by atoms with van der Waals surface area (Å²) in [5.74, 6) is 5.84. The molecule has 3 saturated carbocycles. The second kappa shape index (κ2) is 7.53. The monoisotopic (exact) mass is 370 g/mol. The molecule has 0 heteroatoms. The molecule has 4 rings (SSSR count). The van der Waals surface area contributed by atoms with Crippen LogP contribution in [0.5, 0.6) is 0 Å². The molecule has 0 N–H and O–H groups in total. The van der Waals surface area contributed by atoms with Crippen LogP contribution in [0.15, 0.2) is 11.6 Å². The minimum absolute atomic E-state index is 0.573. The Kier molecular flexibility index (Phi) is 5.59. The second-order valence-electron chi connectivity index (χ2n) is 12.0. The summed E-state index contributed by atoms with van der Waals surface area (Å²) in [5.41, 5.74) is 3.09. The first-order chi connectivity index (χ1) is 12.9. The SMILES string of the molecule is CC(C)CCC[C@H](C)[C@@H]1CCC2C3CC=C4CCCC[C@@]4(C)C3CC[C@]21C. The molecule has 0 aromatic rings. The van der Waals surface area contributed by atoms with Crippen LogP contribution in [-0.4, -0.2) is 0 Å². The highest BCUT2D eigenvalue weighted by Gasteiger charge is 2.58. The molecule has 4 aliphatic carbocycles. The van der Waals surface area contributed by atoms with Crippen molar-refractivity contribution < 1.29 is 0 Å². The Balaban J connectivity index is 1.49. The molecule has 0 aromatic heterocycles. The zero-order valence-corrected chi connectivity index (χ0v) is 19.0. The lowest BCUT2D eigenvalue weighted by Gasteiger charge is -2.58. The van der Waals surface area contributed by atoms with Crippen molar-refractivity contribution in [2.45, 2.75) is 112 Å². The van der Waals surface area contributed by atoms with Gasteiger partial charge in [-0.25, -0.2) is 0 Å². The molecule has 0 spiro atoms. The average molecular weight is 371 g/mol. The highest BCUT2D eigenvalue weighted by Crippen LogP contribution is 2.67. The van der Waals surface area contributed by atoms with Crippen LogP contribution >= 0.6 is 0 Å². The van der Waals surface area contributed by atoms with Gasteiger partial charge in [0.15, 0.2) is 0 Å². The molecule has 0 nitrogen and oxygen atoms in total. The fourth-order valence-corrected chi connectivity index (χ4v) is 8.72. The van der Waals surface area contributed by atoms with Crippen molar-refractivity contribution in [2.75, 3.05) is 0 Å². The van der Waals surface area contributed by atoms with Crippen LogP contribution in [0.25, 0.3) is 0 Å². The van der Waals surface area contributed by atoms with Gasteiger partial charge in [0, 0.05) is 0 Å². The maximum atomic E-state index is 2.74. The molecule has 0 heterocycles. The summed E-state index contributed by atoms with van der Waals surface area (Å²) in [4.78, 5) is 0. The van der Waals surface area contributed by atoms with Crippen molar-refractivity contribution >= 4 is 0 Å². The number of hydrogen-bond donors (Lipinski definition) is 0. The molecular formula is C27H46. The summed E-state index contributed by atoms with van der Waals surface area (Å²) in [6.07, 6.45) is 20.5. The molecule has 0 amide bonds. The van der Waals surface area contributed by atoms with E-state index in [0.717, 1.165) is 35.5 Å². The zero-order valence-electron chi connectivity index (χ0n) is 19.0. The fraction of sp³-hybridized carbons (Fsp3) is 0.926. The normalized spacial score (nSPS) is 45.0. The Hall–Kier alpha value is -0.260. The molecule has 0 saturated heterocycles. The smallest absolute Gasteiger partial charge is 0.00853 e. The van der Waals surface area contributed by atoms with E-state index in [-0.39, 0.29) is 0 Å². The molecule has 0 aliphatic heterocycles. The van der Waals surface area contributed by atoms with E-state index < -0.39 is 0 Å². The molecule has 0 radical (unpaired) electrons. The third-order valence-corrected chi connectivity index (χ3v) is 10.2. The van der Waals surface area contributed by atoms with Crippen molar-refractivity contribution in [3.05, 3.63) is 11.6 Å². The summed E-state index contributed by atoms with van der Waals surface area (Å²) in [6, 6.07) is 0. The van der Waals surface area contributed by atoms with E-state index in [2.05, 4.69) is 40.7 Å². The molecule has 0 aromatic carbocycles. The van der Waals surface area contributed by atoms with Crippen molar-refractivity contribution in [1.82, 2.24) is 0 Å². The van der Waals surface area contributed by atoms with Gasteiger partial charge in [-0.3, -0.25) is 0 Å². The van der Waals surface area contributed by atoms with Crippen molar-refractivity contribution in [2.24, 2.45) is 46.3 Å². The van der Waals surface area contributed by atoms with E-state index in [1.165, 1.54) is 77.0 Å². The predicted molar refractivity (Wildman–Crippen MR) is 118 cm³/mol. The van der Waals surface area contributed by atoms with Gasteiger partial charge in [-0.05, 0) is 97.7 Å². The number of fused-ring (bicyclic) bond motifs is 5. The Morgan fingerprint density at radius 1 is 0.963 bits per heavy atom. The molecule has 154 valence electrons. The van der Waals surface area contributed by atoms with Crippen LogP contribution in [0.4, 0.5) is 0 Å². The standard InChI is InChI=1S/C27H46/c1-19(2)9-8-10-20(3)23-14-15-24-22-13-12-21-11-6-7-17-26(21,4)25(22)16-18-27(23,24)5/h12,19-20,22-25H,6-11,13-18H2,1-5H3/t20-,22?,23-,24?,25?,26+,27-/m0/s1. The predicted octanol–water partition coefficient (Wildman–Crippen LogP) is 8.42. The highest BCUT2D eigenvalue weighted by molar-refractivity contribution is 5.24. The van der Waals surface area contributed by atoms with Gasteiger partial charge in [-0.2, -0.15) is 0 Å². The third kappa shape index (κ3) is 3.36. The van der Waals surface area contributed by atoms with Crippen LogP contribution in [-0.2, 0) is 0 Å². The van der Waals surface area contributed by atoms with Gasteiger partial charge in [0.2, 0.25) is 0 Å². The van der Waals surface area contributed by atoms with Crippen molar-refractivity contribution in [3.63, 3.8) is 0 Å². The van der Waals surface area contributed by atoms with Gasteiger partial charge in [0.05, 0.1) is 0 Å². The molecule has 7 atom stereocenters. The van der Waals surface area contributed by atoms with Gasteiger partial charge < -0.3 is 0 Å². The minimum atomic E-state index is 0.573. The average Bonchev–Trinajstić information content (AvgIpc) is 2.98. The molecule has 4 aliphatic rings. The van der Waals surface area contributed by atoms with Crippen LogP contribution in [0.1, 0.15) is 112 Å². The molecule has 3 fully saturated rings. The Labute approximate surface area is 170 Å². The van der Waals surface area contributed by atoms with E-state index in [0.29, 0.717) is 10.8 Å². The fourth-order valence-electron chi connectivity index (χ4n) is 8.72. The number of hydrogen-bond acceptors (Lipinski definition) is 0. The lowest BCUT2D eigenvalue weighted by Crippen LogP contribution is -2.50. The summed E-state index contributed by atoms with van der Waals surface area (Å²) in [5, 5.41) is 0.